The van der Waals surface area contributed by atoms with Crippen LogP contribution in [0, 0.1) is 5.41 Å². The van der Waals surface area contributed by atoms with Crippen molar-refractivity contribution in [3.8, 4) is 0 Å². The topological polar surface area (TPSA) is 12.0 Å². The van der Waals surface area contributed by atoms with Gasteiger partial charge in [-0.05, 0) is 31.2 Å². The molecule has 0 spiro atoms. The van der Waals surface area contributed by atoms with Crippen LogP contribution in [0.1, 0.15) is 85.5 Å². The van der Waals surface area contributed by atoms with E-state index in [0.717, 1.165) is 0 Å². The molecule has 104 valence electrons. The summed E-state index contributed by atoms with van der Waals surface area (Å²) in [6.07, 6.45) is 12.5. The molecule has 0 bridgehead atoms. The van der Waals surface area contributed by atoms with E-state index in [1.165, 1.54) is 70.9 Å². The summed E-state index contributed by atoms with van der Waals surface area (Å²) in [6.45, 7) is 11.7. The molecule has 0 aliphatic carbocycles. The summed E-state index contributed by atoms with van der Waals surface area (Å²) in [5, 5.41) is 3.59. The van der Waals surface area contributed by atoms with Crippen molar-refractivity contribution in [1.29, 1.82) is 0 Å². The van der Waals surface area contributed by atoms with E-state index in [0.29, 0.717) is 5.41 Å². The van der Waals surface area contributed by atoms with Gasteiger partial charge in [0.05, 0.1) is 0 Å². The van der Waals surface area contributed by atoms with Crippen molar-refractivity contribution in [2.24, 2.45) is 5.41 Å². The minimum absolute atomic E-state index is 0.528. The summed E-state index contributed by atoms with van der Waals surface area (Å²) in [5.41, 5.74) is 0.528. The van der Waals surface area contributed by atoms with Crippen molar-refractivity contribution in [2.45, 2.75) is 85.5 Å². The van der Waals surface area contributed by atoms with Gasteiger partial charge in [0.2, 0.25) is 0 Å². The Kier molecular flexibility index (Phi) is 11.0. The van der Waals surface area contributed by atoms with Crippen LogP contribution in [-0.4, -0.2) is 13.1 Å². The highest BCUT2D eigenvalue weighted by atomic mass is 14.9. The molecule has 0 aliphatic rings. The first-order chi connectivity index (χ1) is 8.18. The molecule has 1 heteroatoms. The van der Waals surface area contributed by atoms with E-state index in [1.807, 2.05) is 0 Å². The maximum atomic E-state index is 3.59. The highest BCUT2D eigenvalue weighted by molar-refractivity contribution is 4.75. The average Bonchev–Trinajstić information content (AvgIpc) is 2.34. The van der Waals surface area contributed by atoms with E-state index >= 15 is 0 Å². The van der Waals surface area contributed by atoms with Crippen molar-refractivity contribution in [1.82, 2.24) is 5.32 Å². The number of hydrogen-bond donors (Lipinski definition) is 1. The maximum absolute atomic E-state index is 3.59. The minimum Gasteiger partial charge on any atom is -0.316 e. The summed E-state index contributed by atoms with van der Waals surface area (Å²) in [6, 6.07) is 0. The third-order valence-corrected chi connectivity index (χ3v) is 3.97. The predicted molar refractivity (Wildman–Crippen MR) is 79.6 cm³/mol. The lowest BCUT2D eigenvalue weighted by Gasteiger charge is -2.28. The Bertz CT molecular complexity index is 156. The molecular weight excluding hydrogens is 206 g/mol. The van der Waals surface area contributed by atoms with E-state index in [1.54, 1.807) is 0 Å². The van der Waals surface area contributed by atoms with Crippen molar-refractivity contribution in [3.63, 3.8) is 0 Å². The molecule has 0 aromatic carbocycles. The zero-order valence-corrected chi connectivity index (χ0v) is 12.8. The van der Waals surface area contributed by atoms with Crippen LogP contribution in [0.3, 0.4) is 0 Å². The first-order valence-electron chi connectivity index (χ1n) is 7.89. The van der Waals surface area contributed by atoms with Crippen LogP contribution in [0.2, 0.25) is 0 Å². The number of unbranched alkanes of at least 4 members (excludes halogenated alkanes) is 5. The lowest BCUT2D eigenvalue weighted by molar-refractivity contribution is 0.259. The van der Waals surface area contributed by atoms with Crippen LogP contribution in [0.5, 0.6) is 0 Å². The lowest BCUT2D eigenvalue weighted by Crippen LogP contribution is -2.31. The average molecular weight is 241 g/mol. The molecule has 0 fully saturated rings. The van der Waals surface area contributed by atoms with Crippen LogP contribution in [0.4, 0.5) is 0 Å². The second-order valence-electron chi connectivity index (χ2n) is 5.86. The SMILES string of the molecule is CCCCCCCCC(C)(CC)CNCCC. The van der Waals surface area contributed by atoms with Crippen LogP contribution >= 0.6 is 0 Å². The monoisotopic (exact) mass is 241 g/mol. The normalized spacial score (nSPS) is 14.8. The Morgan fingerprint density at radius 3 is 2.06 bits per heavy atom. The van der Waals surface area contributed by atoms with Gasteiger partial charge in [-0.25, -0.2) is 0 Å². The third-order valence-electron chi connectivity index (χ3n) is 3.97. The van der Waals surface area contributed by atoms with Crippen molar-refractivity contribution >= 4 is 0 Å². The molecule has 17 heavy (non-hydrogen) atoms. The summed E-state index contributed by atoms with van der Waals surface area (Å²) >= 11 is 0. The van der Waals surface area contributed by atoms with Gasteiger partial charge in [-0.15, -0.1) is 0 Å². The number of nitrogens with one attached hydrogen (secondary N) is 1. The van der Waals surface area contributed by atoms with Gasteiger partial charge in [0.1, 0.15) is 0 Å². The van der Waals surface area contributed by atoms with Crippen LogP contribution in [-0.2, 0) is 0 Å². The molecule has 0 aromatic heterocycles. The minimum atomic E-state index is 0.528. The van der Waals surface area contributed by atoms with Gasteiger partial charge in [0.25, 0.3) is 0 Å². The standard InChI is InChI=1S/C16H35N/c1-5-8-9-10-11-12-13-16(4,7-3)15-17-14-6-2/h17H,5-15H2,1-4H3. The number of rotatable bonds is 12. The Hall–Kier alpha value is -0.0400. The molecule has 0 heterocycles. The van der Waals surface area contributed by atoms with Crippen molar-refractivity contribution < 1.29 is 0 Å². The van der Waals surface area contributed by atoms with Gasteiger partial charge in [0, 0.05) is 6.54 Å². The smallest absolute Gasteiger partial charge is 0.000506 e. The second-order valence-corrected chi connectivity index (χ2v) is 5.86. The fraction of sp³-hybridized carbons (Fsp3) is 1.00. The van der Waals surface area contributed by atoms with E-state index < -0.39 is 0 Å². The van der Waals surface area contributed by atoms with Crippen molar-refractivity contribution in [2.75, 3.05) is 13.1 Å². The largest absolute Gasteiger partial charge is 0.316 e. The quantitative estimate of drug-likeness (QED) is 0.466. The van der Waals surface area contributed by atoms with Crippen LogP contribution in [0.15, 0.2) is 0 Å². The maximum Gasteiger partial charge on any atom is 0.000506 e. The first-order valence-corrected chi connectivity index (χ1v) is 7.89. The van der Waals surface area contributed by atoms with Crippen molar-refractivity contribution in [3.05, 3.63) is 0 Å². The summed E-state index contributed by atoms with van der Waals surface area (Å²) in [4.78, 5) is 0. The van der Waals surface area contributed by atoms with Crippen LogP contribution < -0.4 is 5.32 Å². The molecule has 1 N–H and O–H groups in total. The molecule has 0 aliphatic heterocycles. The van der Waals surface area contributed by atoms with Gasteiger partial charge in [-0.3, -0.25) is 0 Å². The fourth-order valence-electron chi connectivity index (χ4n) is 2.29. The molecule has 0 saturated heterocycles. The highest BCUT2D eigenvalue weighted by Gasteiger charge is 2.20. The summed E-state index contributed by atoms with van der Waals surface area (Å²) in [7, 11) is 0. The zero-order valence-electron chi connectivity index (χ0n) is 12.8. The Balaban J connectivity index is 3.57. The molecule has 0 amide bonds. The van der Waals surface area contributed by atoms with E-state index in [-0.39, 0.29) is 0 Å². The lowest BCUT2D eigenvalue weighted by atomic mass is 9.82. The van der Waals surface area contributed by atoms with E-state index in [2.05, 4.69) is 33.0 Å². The third kappa shape index (κ3) is 9.64. The zero-order chi connectivity index (χ0) is 13.0. The molecule has 1 unspecified atom stereocenters. The summed E-state index contributed by atoms with van der Waals surface area (Å²) < 4.78 is 0. The Morgan fingerprint density at radius 2 is 1.47 bits per heavy atom. The van der Waals surface area contributed by atoms with Crippen LogP contribution in [0.25, 0.3) is 0 Å². The first kappa shape index (κ1) is 17.0. The fourth-order valence-corrected chi connectivity index (χ4v) is 2.29. The molecule has 0 rings (SSSR count). The molecular formula is C16H35N. The van der Waals surface area contributed by atoms with E-state index in [9.17, 15) is 0 Å². The predicted octanol–water partition coefficient (Wildman–Crippen LogP) is 5.15. The van der Waals surface area contributed by atoms with E-state index in [4.69, 9.17) is 0 Å². The van der Waals surface area contributed by atoms with Gasteiger partial charge < -0.3 is 5.32 Å². The number of hydrogen-bond acceptors (Lipinski definition) is 1. The van der Waals surface area contributed by atoms with Gasteiger partial charge in [-0.2, -0.15) is 0 Å². The second kappa shape index (κ2) is 11.1. The molecule has 1 atom stereocenters. The highest BCUT2D eigenvalue weighted by Crippen LogP contribution is 2.27. The Labute approximate surface area is 110 Å². The summed E-state index contributed by atoms with van der Waals surface area (Å²) in [5.74, 6) is 0. The molecule has 0 aromatic rings. The van der Waals surface area contributed by atoms with Gasteiger partial charge in [0.15, 0.2) is 0 Å². The molecule has 0 radical (unpaired) electrons. The molecule has 1 nitrogen and oxygen atoms in total. The Morgan fingerprint density at radius 1 is 0.824 bits per heavy atom. The molecule has 0 saturated carbocycles. The van der Waals surface area contributed by atoms with Gasteiger partial charge >= 0.3 is 0 Å². The van der Waals surface area contributed by atoms with Gasteiger partial charge in [-0.1, -0.05) is 66.2 Å².